The smallest absolute Gasteiger partial charge is 0.306 e. The zero-order valence-corrected chi connectivity index (χ0v) is 17.4. The first-order valence-electron chi connectivity index (χ1n) is 10.5. The van der Waals surface area contributed by atoms with Gasteiger partial charge in [0.15, 0.2) is 0 Å². The highest BCUT2D eigenvalue weighted by molar-refractivity contribution is 6.02. The van der Waals surface area contributed by atoms with Crippen molar-refractivity contribution in [3.05, 3.63) is 35.4 Å². The van der Waals surface area contributed by atoms with Crippen LogP contribution in [-0.2, 0) is 19.1 Å². The fraction of sp³-hybridized carbons (Fsp3) is 0.591. The summed E-state index contributed by atoms with van der Waals surface area (Å²) in [7, 11) is 0. The molecule has 0 bridgehead atoms. The number of carbonyl (C=O) groups excluding carboxylic acids is 1. The van der Waals surface area contributed by atoms with Crippen LogP contribution in [0.3, 0.4) is 0 Å². The van der Waals surface area contributed by atoms with Crippen molar-refractivity contribution in [2.75, 3.05) is 32.8 Å². The molecule has 0 saturated carbocycles. The van der Waals surface area contributed by atoms with Crippen LogP contribution in [-0.4, -0.2) is 61.4 Å². The summed E-state index contributed by atoms with van der Waals surface area (Å²) in [6, 6.07) is 7.71. The molecule has 3 rings (SSSR count). The molecule has 0 aliphatic carbocycles. The van der Waals surface area contributed by atoms with E-state index in [4.69, 9.17) is 19.7 Å². The summed E-state index contributed by atoms with van der Waals surface area (Å²) in [5, 5.41) is 12.1. The molecule has 1 aromatic rings. The molecule has 7 heteroatoms. The van der Waals surface area contributed by atoms with Crippen molar-refractivity contribution in [2.45, 2.75) is 45.6 Å². The third-order valence-corrected chi connectivity index (χ3v) is 5.43. The zero-order chi connectivity index (χ0) is 20.6. The molecule has 2 heterocycles. The number of likely N-dealkylation sites (tertiary alicyclic amines) is 1. The van der Waals surface area contributed by atoms with Crippen LogP contribution in [0, 0.1) is 11.3 Å². The Morgan fingerprint density at radius 3 is 2.52 bits per heavy atom. The van der Waals surface area contributed by atoms with Gasteiger partial charge in [0.2, 0.25) is 5.90 Å². The maximum absolute atomic E-state index is 11.6. The summed E-state index contributed by atoms with van der Waals surface area (Å²) in [5.74, 6) is 0.536. The van der Waals surface area contributed by atoms with E-state index >= 15 is 0 Å². The largest absolute Gasteiger partial charge is 0.478 e. The van der Waals surface area contributed by atoms with E-state index in [0.717, 1.165) is 55.7 Å². The number of nitrogens with zero attached hydrogens (tertiary/aromatic N) is 2. The number of esters is 1. The van der Waals surface area contributed by atoms with Crippen LogP contribution in [0.2, 0.25) is 0 Å². The topological polar surface area (TPSA) is 84.2 Å². The monoisotopic (exact) mass is 401 g/mol. The average molecular weight is 402 g/mol. The van der Waals surface area contributed by atoms with Gasteiger partial charge in [-0.05, 0) is 63.4 Å². The van der Waals surface area contributed by atoms with Gasteiger partial charge >= 0.3 is 5.97 Å². The van der Waals surface area contributed by atoms with E-state index in [2.05, 4.69) is 10.1 Å². The summed E-state index contributed by atoms with van der Waals surface area (Å²) in [6.45, 7) is 7.47. The van der Waals surface area contributed by atoms with Crippen LogP contribution >= 0.6 is 0 Å². The van der Waals surface area contributed by atoms with Gasteiger partial charge < -0.3 is 14.3 Å². The Morgan fingerprint density at radius 1 is 1.17 bits per heavy atom. The lowest BCUT2D eigenvalue weighted by atomic mass is 9.93. The Balaban J connectivity index is 1.42. The summed E-state index contributed by atoms with van der Waals surface area (Å²) in [5.41, 5.74) is 2.73. The van der Waals surface area contributed by atoms with Gasteiger partial charge in [0.25, 0.3) is 0 Å². The van der Waals surface area contributed by atoms with E-state index in [9.17, 15) is 4.79 Å². The van der Waals surface area contributed by atoms with E-state index in [1.807, 2.05) is 38.1 Å². The third kappa shape index (κ3) is 6.03. The Morgan fingerprint density at radius 2 is 1.86 bits per heavy atom. The van der Waals surface area contributed by atoms with Crippen molar-refractivity contribution >= 4 is 17.6 Å². The van der Waals surface area contributed by atoms with Crippen molar-refractivity contribution in [2.24, 2.45) is 11.1 Å². The van der Waals surface area contributed by atoms with Gasteiger partial charge in [0.1, 0.15) is 6.10 Å². The Hall–Kier alpha value is -2.41. The Bertz CT molecular complexity index is 724. The quantitative estimate of drug-likeness (QED) is 0.411. The van der Waals surface area contributed by atoms with E-state index in [1.54, 1.807) is 0 Å². The van der Waals surface area contributed by atoms with Crippen LogP contribution < -0.4 is 0 Å². The second-order valence-electron chi connectivity index (χ2n) is 7.56. The first-order valence-corrected chi connectivity index (χ1v) is 10.5. The predicted molar refractivity (Wildman–Crippen MR) is 111 cm³/mol. The van der Waals surface area contributed by atoms with Gasteiger partial charge in [-0.3, -0.25) is 15.1 Å². The van der Waals surface area contributed by atoms with Gasteiger partial charge in [-0.15, -0.1) is 0 Å². The molecule has 1 atom stereocenters. The minimum absolute atomic E-state index is 0.0630. The second-order valence-corrected chi connectivity index (χ2v) is 7.56. The molecule has 1 N–H and O–H groups in total. The number of rotatable bonds is 8. The molecule has 158 valence electrons. The molecule has 2 aliphatic rings. The highest BCUT2D eigenvalue weighted by atomic mass is 16.6. The number of nitrogens with one attached hydrogen (secondary N) is 1. The van der Waals surface area contributed by atoms with Gasteiger partial charge in [-0.1, -0.05) is 17.3 Å². The minimum Gasteiger partial charge on any atom is -0.478 e. The number of hydrogen-bond donors (Lipinski definition) is 1. The molecular formula is C22H31N3O4. The highest BCUT2D eigenvalue weighted by Crippen LogP contribution is 2.24. The summed E-state index contributed by atoms with van der Waals surface area (Å²) >= 11 is 0. The molecule has 1 fully saturated rings. The van der Waals surface area contributed by atoms with Crippen LogP contribution in [0.4, 0.5) is 0 Å². The minimum atomic E-state index is -0.0782. The van der Waals surface area contributed by atoms with Crippen molar-refractivity contribution < 1.29 is 19.1 Å². The number of carbonyl (C=O) groups is 1. The zero-order valence-electron chi connectivity index (χ0n) is 17.4. The van der Waals surface area contributed by atoms with E-state index in [1.165, 1.54) is 0 Å². The molecule has 2 aliphatic heterocycles. The van der Waals surface area contributed by atoms with Crippen molar-refractivity contribution in [1.29, 1.82) is 5.41 Å². The lowest BCUT2D eigenvalue weighted by Crippen LogP contribution is -2.39. The molecule has 0 radical (unpaired) electrons. The van der Waals surface area contributed by atoms with Crippen molar-refractivity contribution in [3.63, 3.8) is 0 Å². The predicted octanol–water partition coefficient (Wildman–Crippen LogP) is 3.21. The van der Waals surface area contributed by atoms with Crippen molar-refractivity contribution in [1.82, 2.24) is 4.90 Å². The fourth-order valence-electron chi connectivity index (χ4n) is 3.86. The van der Waals surface area contributed by atoms with Crippen LogP contribution in [0.5, 0.6) is 0 Å². The van der Waals surface area contributed by atoms with Gasteiger partial charge in [0, 0.05) is 24.9 Å². The van der Waals surface area contributed by atoms with E-state index in [0.29, 0.717) is 25.6 Å². The summed E-state index contributed by atoms with van der Waals surface area (Å²) in [4.78, 5) is 19.7. The fourth-order valence-corrected chi connectivity index (χ4v) is 3.86. The standard InChI is InChI=1S/C22H31N3O4/c1-3-27-21(26)13-16-9-11-25(12-10-16)15-19-14-20(24-29-19)17-5-7-18(8-6-17)22(23)28-4-2/h5-8,16,19,23H,3-4,9-15H2,1-2H3. The second kappa shape index (κ2) is 10.4. The van der Waals surface area contributed by atoms with Crippen molar-refractivity contribution in [3.8, 4) is 0 Å². The number of ether oxygens (including phenoxy) is 2. The number of oxime groups is 1. The van der Waals surface area contributed by atoms with Crippen LogP contribution in [0.15, 0.2) is 29.4 Å². The van der Waals surface area contributed by atoms with E-state index in [-0.39, 0.29) is 18.0 Å². The lowest BCUT2D eigenvalue weighted by Gasteiger charge is -2.32. The van der Waals surface area contributed by atoms with Crippen LogP contribution in [0.25, 0.3) is 0 Å². The van der Waals surface area contributed by atoms with Gasteiger partial charge in [-0.25, -0.2) is 0 Å². The highest BCUT2D eigenvalue weighted by Gasteiger charge is 2.28. The molecule has 0 aromatic heterocycles. The van der Waals surface area contributed by atoms with Gasteiger partial charge in [0.05, 0.1) is 18.9 Å². The molecule has 0 spiro atoms. The van der Waals surface area contributed by atoms with E-state index < -0.39 is 0 Å². The van der Waals surface area contributed by atoms with Gasteiger partial charge in [-0.2, -0.15) is 0 Å². The molecule has 7 nitrogen and oxygen atoms in total. The number of benzene rings is 1. The molecule has 1 saturated heterocycles. The first-order chi connectivity index (χ1) is 14.1. The van der Waals surface area contributed by atoms with Crippen LogP contribution in [0.1, 0.15) is 50.7 Å². The average Bonchev–Trinajstić information content (AvgIpc) is 3.18. The maximum Gasteiger partial charge on any atom is 0.306 e. The first kappa shape index (κ1) is 21.3. The Kier molecular flexibility index (Phi) is 7.63. The third-order valence-electron chi connectivity index (χ3n) is 5.43. The molecule has 1 aromatic carbocycles. The number of hydrogen-bond acceptors (Lipinski definition) is 7. The number of piperidine rings is 1. The Labute approximate surface area is 172 Å². The lowest BCUT2D eigenvalue weighted by molar-refractivity contribution is -0.144. The molecule has 0 amide bonds. The molecular weight excluding hydrogens is 370 g/mol. The molecule has 1 unspecified atom stereocenters. The normalized spacial score (nSPS) is 20.1. The maximum atomic E-state index is 11.6. The SMILES string of the molecule is CCOC(=N)c1ccc(C2=NOC(CN3CCC(CC(=O)OCC)CC3)C2)cc1. The summed E-state index contributed by atoms with van der Waals surface area (Å²) in [6.07, 6.45) is 3.42. The summed E-state index contributed by atoms with van der Waals surface area (Å²) < 4.78 is 10.3. The molecule has 29 heavy (non-hydrogen) atoms.